The van der Waals surface area contributed by atoms with Crippen LogP contribution in [0.1, 0.15) is 10.4 Å². The zero-order chi connectivity index (χ0) is 14.0. The molecule has 2 rings (SSSR count). The summed E-state index contributed by atoms with van der Waals surface area (Å²) < 4.78 is 18.9. The zero-order valence-corrected chi connectivity index (χ0v) is 12.4. The second-order valence-electron chi connectivity index (χ2n) is 3.57. The minimum atomic E-state index is -0.831. The van der Waals surface area contributed by atoms with E-state index in [-0.39, 0.29) is 16.3 Å². The smallest absolute Gasteiger partial charge is 0.346 e. The maximum Gasteiger partial charge on any atom is 0.346 e. The first-order valence-corrected chi connectivity index (χ1v) is 6.65. The predicted molar refractivity (Wildman–Crippen MR) is 75.5 cm³/mol. The van der Waals surface area contributed by atoms with Crippen LogP contribution in [0.15, 0.2) is 40.9 Å². The Morgan fingerprint density at radius 2 is 1.89 bits per heavy atom. The van der Waals surface area contributed by atoms with Gasteiger partial charge in [-0.2, -0.15) is 0 Å². The van der Waals surface area contributed by atoms with E-state index < -0.39 is 11.8 Å². The quantitative estimate of drug-likeness (QED) is 0.547. The molecule has 0 atom stereocenters. The summed E-state index contributed by atoms with van der Waals surface area (Å²) in [6, 6.07) is 8.48. The molecule has 0 fully saturated rings. The second-order valence-corrected chi connectivity index (χ2v) is 5.27. The highest BCUT2D eigenvalue weighted by Gasteiger charge is 2.17. The summed E-state index contributed by atoms with van der Waals surface area (Å²) in [5, 5.41) is 0.548. The van der Waals surface area contributed by atoms with Crippen LogP contribution in [0.4, 0.5) is 4.39 Å². The van der Waals surface area contributed by atoms with Gasteiger partial charge in [-0.3, -0.25) is 0 Å². The standard InChI is InChI=1S/C13H6BrCl2FO2/c14-9-5-7(15)6-10(16)12(9)19-13(18)8-3-1-2-4-11(8)17/h1-6H. The van der Waals surface area contributed by atoms with Gasteiger partial charge in [-0.25, -0.2) is 9.18 Å². The molecule has 0 unspecified atom stereocenters. The van der Waals surface area contributed by atoms with Crippen molar-refractivity contribution in [3.63, 3.8) is 0 Å². The van der Waals surface area contributed by atoms with Gasteiger partial charge < -0.3 is 4.74 Å². The molecule has 0 heterocycles. The SMILES string of the molecule is O=C(Oc1c(Cl)cc(Cl)cc1Br)c1ccccc1F. The lowest BCUT2D eigenvalue weighted by Crippen LogP contribution is -2.11. The van der Waals surface area contributed by atoms with Crippen LogP contribution in [0, 0.1) is 5.82 Å². The molecular formula is C13H6BrCl2FO2. The number of esters is 1. The van der Waals surface area contributed by atoms with E-state index in [1.54, 1.807) is 0 Å². The van der Waals surface area contributed by atoms with E-state index in [9.17, 15) is 9.18 Å². The first-order valence-electron chi connectivity index (χ1n) is 5.10. The molecular weight excluding hydrogens is 358 g/mol. The van der Waals surface area contributed by atoms with Gasteiger partial charge in [0.15, 0.2) is 5.75 Å². The average Bonchev–Trinajstić information content (AvgIpc) is 2.34. The van der Waals surface area contributed by atoms with Crippen molar-refractivity contribution in [2.75, 3.05) is 0 Å². The molecule has 6 heteroatoms. The Balaban J connectivity index is 2.32. The first kappa shape index (κ1) is 14.3. The summed E-state index contributed by atoms with van der Waals surface area (Å²) in [7, 11) is 0. The van der Waals surface area contributed by atoms with E-state index in [4.69, 9.17) is 27.9 Å². The molecule has 0 saturated carbocycles. The van der Waals surface area contributed by atoms with Crippen molar-refractivity contribution in [2.24, 2.45) is 0 Å². The minimum Gasteiger partial charge on any atom is -0.420 e. The lowest BCUT2D eigenvalue weighted by Gasteiger charge is -2.09. The van der Waals surface area contributed by atoms with E-state index in [0.29, 0.717) is 9.50 Å². The number of hydrogen-bond donors (Lipinski definition) is 0. The monoisotopic (exact) mass is 362 g/mol. The van der Waals surface area contributed by atoms with E-state index in [0.717, 1.165) is 0 Å². The molecule has 0 bridgehead atoms. The molecule has 0 amide bonds. The van der Waals surface area contributed by atoms with Crippen molar-refractivity contribution in [3.05, 3.63) is 62.3 Å². The van der Waals surface area contributed by atoms with Gasteiger partial charge >= 0.3 is 5.97 Å². The van der Waals surface area contributed by atoms with Crippen LogP contribution in [-0.2, 0) is 0 Å². The van der Waals surface area contributed by atoms with Gasteiger partial charge in [0.2, 0.25) is 0 Å². The lowest BCUT2D eigenvalue weighted by molar-refractivity contribution is 0.0729. The Bertz CT molecular complexity index is 623. The fourth-order valence-electron chi connectivity index (χ4n) is 1.40. The van der Waals surface area contributed by atoms with E-state index >= 15 is 0 Å². The van der Waals surface area contributed by atoms with Gasteiger partial charge in [0, 0.05) is 5.02 Å². The van der Waals surface area contributed by atoms with Crippen LogP contribution in [0.25, 0.3) is 0 Å². The van der Waals surface area contributed by atoms with Crippen LogP contribution < -0.4 is 4.74 Å². The van der Waals surface area contributed by atoms with Crippen molar-refractivity contribution in [3.8, 4) is 5.75 Å². The summed E-state index contributed by atoms with van der Waals surface area (Å²) in [5.41, 5.74) is -0.166. The highest BCUT2D eigenvalue weighted by molar-refractivity contribution is 9.10. The van der Waals surface area contributed by atoms with Gasteiger partial charge in [-0.1, -0.05) is 35.3 Å². The number of hydrogen-bond acceptors (Lipinski definition) is 2. The number of halogens is 4. The summed E-state index contributed by atoms with van der Waals surface area (Å²) in [4.78, 5) is 11.8. The molecule has 0 saturated heterocycles. The van der Waals surface area contributed by atoms with Crippen LogP contribution in [-0.4, -0.2) is 5.97 Å². The molecule has 0 aliphatic rings. The van der Waals surface area contributed by atoms with Crippen molar-refractivity contribution < 1.29 is 13.9 Å². The lowest BCUT2D eigenvalue weighted by atomic mass is 10.2. The van der Waals surface area contributed by atoms with Crippen LogP contribution in [0.2, 0.25) is 10.0 Å². The fraction of sp³-hybridized carbons (Fsp3) is 0. The van der Waals surface area contributed by atoms with Crippen molar-refractivity contribution in [1.29, 1.82) is 0 Å². The molecule has 2 aromatic carbocycles. The van der Waals surface area contributed by atoms with E-state index in [1.807, 2.05) is 0 Å². The summed E-state index contributed by atoms with van der Waals surface area (Å²) >= 11 is 14.9. The van der Waals surface area contributed by atoms with Gasteiger partial charge in [-0.15, -0.1) is 0 Å². The summed E-state index contributed by atoms with van der Waals surface area (Å²) in [6.45, 7) is 0. The molecule has 0 aromatic heterocycles. The predicted octanol–water partition coefficient (Wildman–Crippen LogP) is 5.11. The Kier molecular flexibility index (Phi) is 4.45. The molecule has 98 valence electrons. The number of rotatable bonds is 2. The number of ether oxygens (including phenoxy) is 1. The van der Waals surface area contributed by atoms with Crippen LogP contribution in [0.3, 0.4) is 0 Å². The highest BCUT2D eigenvalue weighted by Crippen LogP contribution is 2.36. The van der Waals surface area contributed by atoms with Crippen LogP contribution in [0.5, 0.6) is 5.75 Å². The highest BCUT2D eigenvalue weighted by atomic mass is 79.9. The van der Waals surface area contributed by atoms with Gasteiger partial charge in [0.1, 0.15) is 5.82 Å². The first-order chi connectivity index (χ1) is 8.99. The minimum absolute atomic E-state index is 0.0966. The van der Waals surface area contributed by atoms with Gasteiger partial charge in [0.25, 0.3) is 0 Å². The average molecular weight is 364 g/mol. The molecule has 2 nitrogen and oxygen atoms in total. The molecule has 0 radical (unpaired) electrons. The Morgan fingerprint density at radius 3 is 2.53 bits per heavy atom. The van der Waals surface area contributed by atoms with Crippen molar-refractivity contribution >= 4 is 45.1 Å². The molecule has 0 spiro atoms. The summed E-state index contributed by atoms with van der Waals surface area (Å²) in [6.07, 6.45) is 0. The normalized spacial score (nSPS) is 10.3. The number of carbonyl (C=O) groups excluding carboxylic acids is 1. The Morgan fingerprint density at radius 1 is 1.21 bits per heavy atom. The Hall–Kier alpha value is -1.10. The van der Waals surface area contributed by atoms with Crippen molar-refractivity contribution in [1.82, 2.24) is 0 Å². The zero-order valence-electron chi connectivity index (χ0n) is 9.29. The van der Waals surface area contributed by atoms with Crippen LogP contribution >= 0.6 is 39.1 Å². The molecule has 0 aliphatic carbocycles. The molecule has 2 aromatic rings. The summed E-state index contributed by atoms with van der Waals surface area (Å²) in [5.74, 6) is -1.39. The number of carbonyl (C=O) groups is 1. The molecule has 19 heavy (non-hydrogen) atoms. The Labute approximate surface area is 127 Å². The number of benzene rings is 2. The van der Waals surface area contributed by atoms with E-state index in [1.165, 1.54) is 36.4 Å². The third kappa shape index (κ3) is 3.26. The third-order valence-corrected chi connectivity index (χ3v) is 3.34. The maximum absolute atomic E-state index is 13.4. The fourth-order valence-corrected chi connectivity index (χ4v) is 2.72. The molecule has 0 aliphatic heterocycles. The van der Waals surface area contributed by atoms with Crippen molar-refractivity contribution in [2.45, 2.75) is 0 Å². The van der Waals surface area contributed by atoms with Gasteiger partial charge in [-0.05, 0) is 40.2 Å². The maximum atomic E-state index is 13.4. The largest absolute Gasteiger partial charge is 0.420 e. The molecule has 0 N–H and O–H groups in total. The third-order valence-electron chi connectivity index (χ3n) is 2.25. The topological polar surface area (TPSA) is 26.3 Å². The van der Waals surface area contributed by atoms with E-state index in [2.05, 4.69) is 15.9 Å². The second kappa shape index (κ2) is 5.90. The van der Waals surface area contributed by atoms with Gasteiger partial charge in [0.05, 0.1) is 15.1 Å².